The minimum absolute atomic E-state index is 0.130. The van der Waals surface area contributed by atoms with Crippen LogP contribution in [-0.2, 0) is 9.59 Å². The van der Waals surface area contributed by atoms with Gasteiger partial charge in [0.2, 0.25) is 5.91 Å². The van der Waals surface area contributed by atoms with E-state index in [9.17, 15) is 14.4 Å². The van der Waals surface area contributed by atoms with Crippen molar-refractivity contribution in [3.63, 3.8) is 0 Å². The van der Waals surface area contributed by atoms with Gasteiger partial charge in [-0.1, -0.05) is 18.2 Å². The van der Waals surface area contributed by atoms with Gasteiger partial charge < -0.3 is 20.7 Å². The standard InChI is InChI=1S/C29H25N3O4S2/c1-36-24-11-7-22(8-12-24)30-27(33)19-38-25-13-9-23(10-14-25)31-29(35)26(17-20-15-16-37-18-20)32-28(34)21-5-3-2-4-6-21/h2-18H,19H2,1H3,(H,30,33)(H,31,35)(H,32,34)/b26-17-. The highest BCUT2D eigenvalue weighted by Crippen LogP contribution is 2.22. The first-order chi connectivity index (χ1) is 18.5. The number of ether oxygens (including phenoxy) is 1. The van der Waals surface area contributed by atoms with E-state index in [-0.39, 0.29) is 23.3 Å². The van der Waals surface area contributed by atoms with E-state index in [0.29, 0.717) is 16.9 Å². The molecule has 0 unspecified atom stereocenters. The van der Waals surface area contributed by atoms with Crippen LogP contribution in [0, 0.1) is 0 Å². The zero-order chi connectivity index (χ0) is 26.7. The fraction of sp³-hybridized carbons (Fsp3) is 0.0690. The van der Waals surface area contributed by atoms with Crippen LogP contribution >= 0.6 is 23.1 Å². The summed E-state index contributed by atoms with van der Waals surface area (Å²) in [6.45, 7) is 0. The van der Waals surface area contributed by atoms with Crippen molar-refractivity contribution in [2.24, 2.45) is 0 Å². The van der Waals surface area contributed by atoms with Crippen LogP contribution in [0.5, 0.6) is 5.75 Å². The molecule has 192 valence electrons. The molecular weight excluding hydrogens is 518 g/mol. The van der Waals surface area contributed by atoms with E-state index < -0.39 is 5.91 Å². The number of amides is 3. The lowest BCUT2D eigenvalue weighted by molar-refractivity contribution is -0.114. The van der Waals surface area contributed by atoms with Crippen molar-refractivity contribution in [2.45, 2.75) is 4.90 Å². The van der Waals surface area contributed by atoms with Crippen LogP contribution in [0.15, 0.2) is 106 Å². The molecule has 0 saturated carbocycles. The average molecular weight is 544 g/mol. The molecule has 0 aliphatic rings. The van der Waals surface area contributed by atoms with E-state index in [1.54, 1.807) is 73.8 Å². The van der Waals surface area contributed by atoms with Gasteiger partial charge in [-0.25, -0.2) is 0 Å². The minimum atomic E-state index is -0.445. The van der Waals surface area contributed by atoms with E-state index in [1.807, 2.05) is 35.0 Å². The second-order valence-electron chi connectivity index (χ2n) is 7.98. The number of hydrogen-bond donors (Lipinski definition) is 3. The van der Waals surface area contributed by atoms with Crippen molar-refractivity contribution in [2.75, 3.05) is 23.5 Å². The number of thioether (sulfide) groups is 1. The Labute approximate surface area is 228 Å². The molecule has 7 nitrogen and oxygen atoms in total. The minimum Gasteiger partial charge on any atom is -0.497 e. The summed E-state index contributed by atoms with van der Waals surface area (Å²) in [5.74, 6) is 0.00492. The molecule has 0 saturated heterocycles. The largest absolute Gasteiger partial charge is 0.497 e. The van der Waals surface area contributed by atoms with Gasteiger partial charge >= 0.3 is 0 Å². The number of methoxy groups -OCH3 is 1. The predicted octanol–water partition coefficient (Wildman–Crippen LogP) is 5.90. The molecule has 0 fully saturated rings. The normalized spacial score (nSPS) is 10.9. The van der Waals surface area contributed by atoms with Crippen LogP contribution in [0.4, 0.5) is 11.4 Å². The van der Waals surface area contributed by atoms with Gasteiger partial charge in [0.25, 0.3) is 11.8 Å². The van der Waals surface area contributed by atoms with E-state index in [4.69, 9.17) is 4.74 Å². The van der Waals surface area contributed by atoms with Crippen LogP contribution in [0.1, 0.15) is 15.9 Å². The maximum absolute atomic E-state index is 13.1. The molecule has 0 atom stereocenters. The van der Waals surface area contributed by atoms with Crippen LogP contribution < -0.4 is 20.7 Å². The Bertz CT molecular complexity index is 1400. The number of nitrogens with one attached hydrogen (secondary N) is 3. The topological polar surface area (TPSA) is 96.5 Å². The summed E-state index contributed by atoms with van der Waals surface area (Å²) in [6, 6.07) is 24.9. The van der Waals surface area contributed by atoms with Crippen molar-refractivity contribution in [1.29, 1.82) is 0 Å². The molecule has 0 aliphatic heterocycles. The fourth-order valence-corrected chi connectivity index (χ4v) is 4.64. The van der Waals surface area contributed by atoms with Crippen molar-refractivity contribution < 1.29 is 19.1 Å². The fourth-order valence-electron chi connectivity index (χ4n) is 3.32. The number of benzene rings is 3. The molecule has 0 radical (unpaired) electrons. The van der Waals surface area contributed by atoms with Gasteiger partial charge in [0.1, 0.15) is 11.4 Å². The first-order valence-electron chi connectivity index (χ1n) is 11.6. The van der Waals surface area contributed by atoms with Crippen LogP contribution in [-0.4, -0.2) is 30.6 Å². The highest BCUT2D eigenvalue weighted by atomic mass is 32.2. The number of carbonyl (C=O) groups is 3. The molecule has 1 aromatic heterocycles. The second kappa shape index (κ2) is 13.3. The van der Waals surface area contributed by atoms with Crippen LogP contribution in [0.2, 0.25) is 0 Å². The number of thiophene rings is 1. The molecule has 38 heavy (non-hydrogen) atoms. The second-order valence-corrected chi connectivity index (χ2v) is 9.81. The number of carbonyl (C=O) groups excluding carboxylic acids is 3. The molecule has 3 amide bonds. The Balaban J connectivity index is 1.35. The van der Waals surface area contributed by atoms with Crippen molar-refractivity contribution in [3.05, 3.63) is 113 Å². The Morgan fingerprint density at radius 3 is 2.21 bits per heavy atom. The number of rotatable bonds is 10. The van der Waals surface area contributed by atoms with Gasteiger partial charge in [0.15, 0.2) is 0 Å². The zero-order valence-corrected chi connectivity index (χ0v) is 22.1. The first-order valence-corrected chi connectivity index (χ1v) is 13.5. The van der Waals surface area contributed by atoms with Crippen molar-refractivity contribution >= 4 is 58.3 Å². The molecule has 3 N–H and O–H groups in total. The van der Waals surface area contributed by atoms with E-state index in [1.165, 1.54) is 23.1 Å². The Hall–Kier alpha value is -4.34. The van der Waals surface area contributed by atoms with Gasteiger partial charge in [-0.15, -0.1) is 11.8 Å². The molecule has 3 aromatic carbocycles. The Kier molecular flexibility index (Phi) is 9.33. The maximum Gasteiger partial charge on any atom is 0.272 e. The number of hydrogen-bond acceptors (Lipinski definition) is 6. The van der Waals surface area contributed by atoms with E-state index >= 15 is 0 Å². The van der Waals surface area contributed by atoms with Crippen molar-refractivity contribution in [1.82, 2.24) is 5.32 Å². The summed E-state index contributed by atoms with van der Waals surface area (Å²) in [7, 11) is 1.59. The maximum atomic E-state index is 13.1. The SMILES string of the molecule is COc1ccc(NC(=O)CSc2ccc(NC(=O)/C(=C/c3ccsc3)NC(=O)c3ccccc3)cc2)cc1. The summed E-state index contributed by atoms with van der Waals surface area (Å²) >= 11 is 2.88. The number of anilines is 2. The summed E-state index contributed by atoms with van der Waals surface area (Å²) in [5, 5.41) is 12.2. The lowest BCUT2D eigenvalue weighted by atomic mass is 10.2. The monoisotopic (exact) mass is 543 g/mol. The van der Waals surface area contributed by atoms with Gasteiger partial charge in [0.05, 0.1) is 12.9 Å². The molecule has 4 aromatic rings. The van der Waals surface area contributed by atoms with E-state index in [0.717, 1.165) is 16.2 Å². The highest BCUT2D eigenvalue weighted by molar-refractivity contribution is 8.00. The zero-order valence-electron chi connectivity index (χ0n) is 20.5. The quantitative estimate of drug-likeness (QED) is 0.171. The van der Waals surface area contributed by atoms with Crippen molar-refractivity contribution in [3.8, 4) is 5.75 Å². The lowest BCUT2D eigenvalue weighted by Gasteiger charge is -2.11. The van der Waals surface area contributed by atoms with E-state index in [2.05, 4.69) is 16.0 Å². The smallest absolute Gasteiger partial charge is 0.272 e. The molecule has 0 bridgehead atoms. The van der Waals surface area contributed by atoms with Crippen LogP contribution in [0.3, 0.4) is 0 Å². The molecule has 0 aliphatic carbocycles. The third-order valence-corrected chi connectivity index (χ3v) is 6.95. The Morgan fingerprint density at radius 2 is 1.55 bits per heavy atom. The summed E-state index contributed by atoms with van der Waals surface area (Å²) in [6.07, 6.45) is 1.64. The van der Waals surface area contributed by atoms with Gasteiger partial charge in [0, 0.05) is 21.8 Å². The summed E-state index contributed by atoms with van der Waals surface area (Å²) in [4.78, 5) is 38.9. The third-order valence-electron chi connectivity index (χ3n) is 5.24. The highest BCUT2D eigenvalue weighted by Gasteiger charge is 2.15. The predicted molar refractivity (Wildman–Crippen MR) is 154 cm³/mol. The third kappa shape index (κ3) is 7.83. The average Bonchev–Trinajstić information content (AvgIpc) is 3.46. The molecular formula is C29H25N3O4S2. The first kappa shape index (κ1) is 26.7. The summed E-state index contributed by atoms with van der Waals surface area (Å²) in [5.41, 5.74) is 2.65. The van der Waals surface area contributed by atoms with Crippen LogP contribution in [0.25, 0.3) is 6.08 Å². The lowest BCUT2D eigenvalue weighted by Crippen LogP contribution is -2.30. The molecule has 9 heteroatoms. The van der Waals surface area contributed by atoms with Gasteiger partial charge in [-0.3, -0.25) is 14.4 Å². The molecule has 4 rings (SSSR count). The van der Waals surface area contributed by atoms with Gasteiger partial charge in [-0.05, 0) is 89.1 Å². The summed E-state index contributed by atoms with van der Waals surface area (Å²) < 4.78 is 5.12. The Morgan fingerprint density at radius 1 is 0.868 bits per heavy atom. The molecule has 1 heterocycles. The molecule has 0 spiro atoms. The van der Waals surface area contributed by atoms with Gasteiger partial charge in [-0.2, -0.15) is 11.3 Å².